The van der Waals surface area contributed by atoms with Crippen molar-refractivity contribution in [2.24, 2.45) is 15.9 Å². The van der Waals surface area contributed by atoms with Crippen LogP contribution in [0.3, 0.4) is 0 Å². The number of H-pyrrole nitrogens is 2. The maximum absolute atomic E-state index is 13.5. The second kappa shape index (κ2) is 40.3. The van der Waals surface area contributed by atoms with Crippen LogP contribution in [0.1, 0.15) is 178 Å². The number of aromatic amines is 2. The van der Waals surface area contributed by atoms with Gasteiger partial charge in [0, 0.05) is 81.1 Å². The number of carbonyl (C=O) groups is 8. The van der Waals surface area contributed by atoms with E-state index in [9.17, 15) is 64.7 Å². The number of Topliss-reactive ketones (excluding diaryl/α,β-unsaturated/α-hetero) is 1. The minimum atomic E-state index is -4.48. The number of aromatic nitrogens is 4. The summed E-state index contributed by atoms with van der Waals surface area (Å²) in [4.78, 5) is 128. The molecule has 6 N–H and O–H groups in total. The Bertz CT molecular complexity index is 4480. The summed E-state index contributed by atoms with van der Waals surface area (Å²) in [7, 11) is 4.81. The minimum Gasteiger partial charge on any atom is -0.469 e. The molecule has 4 aromatic carbocycles. The lowest BCUT2D eigenvalue weighted by molar-refractivity contribution is -0.148. The third-order valence-electron chi connectivity index (χ3n) is 21.6. The van der Waals surface area contributed by atoms with Crippen molar-refractivity contribution >= 4 is 70.3 Å². The summed E-state index contributed by atoms with van der Waals surface area (Å²) >= 11 is 0. The van der Waals surface area contributed by atoms with Crippen LogP contribution in [0.5, 0.6) is 0 Å². The molecule has 616 valence electrons. The van der Waals surface area contributed by atoms with Crippen molar-refractivity contribution in [1.82, 2.24) is 55.9 Å². The van der Waals surface area contributed by atoms with Gasteiger partial charge in [-0.05, 0) is 146 Å². The Morgan fingerprint density at radius 3 is 1.21 bits per heavy atom. The van der Waals surface area contributed by atoms with Gasteiger partial charge >= 0.3 is 36.6 Å². The zero-order chi connectivity index (χ0) is 82.5. The molecule has 6 amide bonds. The molecule has 0 saturated carbocycles. The third kappa shape index (κ3) is 23.4. The topological polar surface area (TPSA) is 313 Å². The van der Waals surface area contributed by atoms with Crippen LogP contribution in [0, 0.1) is 5.92 Å². The van der Waals surface area contributed by atoms with Crippen molar-refractivity contribution in [3.05, 3.63) is 145 Å². The van der Waals surface area contributed by atoms with E-state index in [1.807, 2.05) is 79.7 Å². The molecule has 25 nitrogen and oxygen atoms in total. The van der Waals surface area contributed by atoms with E-state index in [1.165, 1.54) is 61.3 Å². The van der Waals surface area contributed by atoms with E-state index < -0.39 is 91.6 Å². The van der Waals surface area contributed by atoms with Crippen LogP contribution in [0.4, 0.5) is 40.7 Å². The Balaban J connectivity index is 0.000000211. The van der Waals surface area contributed by atoms with Gasteiger partial charge in [0.2, 0.25) is 17.7 Å². The van der Waals surface area contributed by atoms with Gasteiger partial charge in [0.05, 0.1) is 76.8 Å². The predicted octanol–water partition coefficient (Wildman–Crippen LogP) is 15.1. The molecule has 4 fully saturated rings. The summed E-state index contributed by atoms with van der Waals surface area (Å²) < 4.78 is 93.0. The van der Waals surface area contributed by atoms with Gasteiger partial charge < -0.3 is 64.9 Å². The summed E-state index contributed by atoms with van der Waals surface area (Å²) in [6.07, 6.45) is 3.92. The first-order valence-corrected chi connectivity index (χ1v) is 39.1. The largest absolute Gasteiger partial charge is 0.469 e. The average Bonchev–Trinajstić information content (AvgIpc) is 1.69. The fraction of sp³-hybridized carbons (Fsp3) is 0.476. The van der Waals surface area contributed by atoms with E-state index in [-0.39, 0.29) is 42.8 Å². The number of alkyl carbamates (subject to hydrolysis) is 3. The first-order valence-electron chi connectivity index (χ1n) is 39.1. The van der Waals surface area contributed by atoms with Crippen LogP contribution < -0.4 is 21.3 Å². The van der Waals surface area contributed by atoms with E-state index in [0.29, 0.717) is 63.6 Å². The van der Waals surface area contributed by atoms with Crippen molar-refractivity contribution in [2.75, 3.05) is 54.6 Å². The summed E-state index contributed by atoms with van der Waals surface area (Å²) in [5.41, 5.74) is 14.5. The zero-order valence-electron chi connectivity index (χ0n) is 65.7. The maximum atomic E-state index is 13.5. The summed E-state index contributed by atoms with van der Waals surface area (Å²) in [5, 5.41) is 11.2. The molecule has 0 bridgehead atoms. The van der Waals surface area contributed by atoms with Crippen LogP contribution in [0.15, 0.2) is 132 Å². The molecule has 0 radical (unpaired) electrons. The molecular weight excluding hydrogens is 1500 g/mol. The minimum absolute atomic E-state index is 0.0916. The number of esters is 1. The Hall–Kier alpha value is -11.0. The molecule has 6 aliphatic rings. The summed E-state index contributed by atoms with van der Waals surface area (Å²) in [6, 6.07) is 30.4. The van der Waals surface area contributed by atoms with Crippen molar-refractivity contribution in [2.45, 2.75) is 197 Å². The van der Waals surface area contributed by atoms with Gasteiger partial charge in [-0.1, -0.05) is 124 Å². The first kappa shape index (κ1) is 86.4. The number of ketones is 1. The number of halogens is 6. The number of amides is 6. The number of allylic oxidation sites excluding steroid dienone is 2. The second-order valence-corrected chi connectivity index (χ2v) is 29.3. The Morgan fingerprint density at radius 2 is 0.835 bits per heavy atom. The number of alkyl halides is 6. The molecule has 0 spiro atoms. The number of hydrogen-bond donors (Lipinski definition) is 6. The molecule has 115 heavy (non-hydrogen) atoms. The Morgan fingerprint density at radius 1 is 0.470 bits per heavy atom. The smallest absolute Gasteiger partial charge is 0.407 e. The fourth-order valence-electron chi connectivity index (χ4n) is 15.3. The molecule has 8 heterocycles. The molecule has 0 aliphatic carbocycles. The molecule has 8 atom stereocenters. The van der Waals surface area contributed by atoms with E-state index in [0.717, 1.165) is 128 Å². The molecule has 6 aliphatic heterocycles. The number of aliphatic imine (C=N–C) groups is 2. The number of benzene rings is 4. The normalized spacial score (nSPS) is 18.9. The van der Waals surface area contributed by atoms with Crippen LogP contribution >= 0.6 is 0 Å². The predicted molar refractivity (Wildman–Crippen MR) is 421 cm³/mol. The number of ether oxygens (including phenoxy) is 4. The van der Waals surface area contributed by atoms with E-state index >= 15 is 0 Å². The van der Waals surface area contributed by atoms with Gasteiger partial charge in [-0.25, -0.2) is 24.4 Å². The van der Waals surface area contributed by atoms with Gasteiger partial charge in [-0.3, -0.25) is 34.0 Å². The number of hydrogen-bond acceptors (Lipinski definition) is 17. The van der Waals surface area contributed by atoms with Gasteiger partial charge in [-0.15, -0.1) is 0 Å². The maximum Gasteiger partial charge on any atom is 0.407 e. The van der Waals surface area contributed by atoms with Crippen molar-refractivity contribution < 1.29 is 83.6 Å². The van der Waals surface area contributed by atoms with E-state index in [2.05, 4.69) is 104 Å². The Labute approximate surface area is 664 Å². The molecule has 0 unspecified atom stereocenters. The molecule has 12 rings (SSSR count). The average molecular weight is 1600 g/mol. The number of nitrogens with one attached hydrogen (secondary N) is 6. The third-order valence-corrected chi connectivity index (χ3v) is 21.6. The SMILES string of the molecule is CCC[C@H](NC(=O)OC)C(=O)N1CCC[C@H]1c1ncc(-c2ccc(-c3ccc(C4=CN=C([C@@H]5CCCN5)C4)cc3)cc2)[nH]1.CCC[C@H](NC(=O)OC)C(=O)N1CCC[C@H]1c1ncc(-c2ccc(-c3ccc(C4=CN=C([C@@H]5CCCN5C(=O)[C@H](CCC(F)(F)F)NC(=O)OC)C4)cc3)cc2)[nH]1.COC(=O)C[C@@H](CCC(F)(F)F)C(C)=O. The lowest BCUT2D eigenvalue weighted by atomic mass is 9.95. The molecule has 6 aromatic rings. The quantitative estimate of drug-likeness (QED) is 0.0159. The van der Waals surface area contributed by atoms with Gasteiger partial charge in [-0.2, -0.15) is 26.3 Å². The highest BCUT2D eigenvalue weighted by atomic mass is 19.4. The standard InChI is InChI=1S/C41H48F3N7O6.C34H40N6O3.C9H13F3O3/c1-4-7-30(48-39(54)56-2)37(52)51-21-6-9-35(51)36-46-24-33(47-36)28-16-14-26(15-17-28)25-10-12-27(13-11-25)29-22-32(45-23-29)34-8-5-20-50(34)38(53)31(49-40(55)57-3)18-19-41(42,43)44;1-3-6-28(39-34(42)43-2)33(41)40-18-5-8-31(40)32-37-21-30(38-32)25-15-13-23(14-16-25)22-9-11-24(12-10-22)26-19-29(36-20-26)27-7-4-17-35-27;1-6(13)7(5-8(14)15-2)3-4-9(10,11)12/h10-17,23-24,30-31,34-35H,4-9,18-22H2,1-3H3,(H,46,47)(H,48,54)(H,49,55);9-16,20-21,27-28,31,35H,3-8,17-19H2,1-2H3,(H,37,38)(H,39,42);7H,3-5H2,1-2H3/t30-,31-,34-,35-;27-,28-,31-;7-/m001/s1. The van der Waals surface area contributed by atoms with Crippen molar-refractivity contribution in [3.63, 3.8) is 0 Å². The van der Waals surface area contributed by atoms with Gasteiger partial charge in [0.25, 0.3) is 0 Å². The number of methoxy groups -OCH3 is 4. The van der Waals surface area contributed by atoms with Crippen LogP contribution in [0.2, 0.25) is 0 Å². The lowest BCUT2D eigenvalue weighted by Crippen LogP contribution is -2.51. The number of carbonyl (C=O) groups excluding carboxylic acids is 8. The molecule has 2 aromatic heterocycles. The number of nitrogens with zero attached hydrogens (tertiary/aromatic N) is 7. The van der Waals surface area contributed by atoms with Crippen LogP contribution in [-0.2, 0) is 42.9 Å². The highest BCUT2D eigenvalue weighted by molar-refractivity contribution is 6.04. The van der Waals surface area contributed by atoms with Crippen molar-refractivity contribution in [3.8, 4) is 44.8 Å². The van der Waals surface area contributed by atoms with Crippen LogP contribution in [-0.4, -0.2) is 191 Å². The monoisotopic (exact) mass is 1600 g/mol. The highest BCUT2D eigenvalue weighted by Gasteiger charge is 2.42. The van der Waals surface area contributed by atoms with Gasteiger partial charge in [0.1, 0.15) is 35.6 Å². The molecule has 31 heteroatoms. The fourth-order valence-corrected chi connectivity index (χ4v) is 15.3. The molecular formula is C84H101F6N13O12. The molecule has 4 saturated heterocycles. The van der Waals surface area contributed by atoms with Crippen LogP contribution in [0.25, 0.3) is 55.9 Å². The second-order valence-electron chi connectivity index (χ2n) is 29.3. The van der Waals surface area contributed by atoms with Crippen molar-refractivity contribution in [1.29, 1.82) is 0 Å². The Kier molecular flexibility index (Phi) is 30.3. The van der Waals surface area contributed by atoms with E-state index in [1.54, 1.807) is 17.3 Å². The van der Waals surface area contributed by atoms with Gasteiger partial charge in [0.15, 0.2) is 0 Å². The number of imidazole rings is 2. The first-order chi connectivity index (χ1) is 55.2. The lowest BCUT2D eigenvalue weighted by Gasteiger charge is -2.29. The summed E-state index contributed by atoms with van der Waals surface area (Å²) in [6.45, 7) is 7.79. The zero-order valence-corrected chi connectivity index (χ0v) is 65.7. The highest BCUT2D eigenvalue weighted by Crippen LogP contribution is 2.38. The number of likely N-dealkylation sites (tertiary alicyclic amines) is 3. The number of rotatable bonds is 27. The van der Waals surface area contributed by atoms with E-state index in [4.69, 9.17) is 14.5 Å². The summed E-state index contributed by atoms with van der Waals surface area (Å²) in [5.74, 6) is -1.35.